The van der Waals surface area contributed by atoms with Crippen molar-refractivity contribution >= 4 is 5.78 Å². The zero-order valence-electron chi connectivity index (χ0n) is 7.58. The molecule has 0 aliphatic heterocycles. The van der Waals surface area contributed by atoms with Gasteiger partial charge in [0.2, 0.25) is 0 Å². The van der Waals surface area contributed by atoms with Gasteiger partial charge in [-0.25, -0.2) is 0 Å². The van der Waals surface area contributed by atoms with Crippen molar-refractivity contribution in [1.82, 2.24) is 0 Å². The zero-order chi connectivity index (χ0) is 8.55. The molecule has 2 fully saturated rings. The van der Waals surface area contributed by atoms with E-state index in [1.165, 1.54) is 19.3 Å². The normalized spacial score (nSPS) is 41.4. The van der Waals surface area contributed by atoms with E-state index >= 15 is 0 Å². The minimum Gasteiger partial charge on any atom is -0.373 e. The minimum absolute atomic E-state index is 0.0637. The van der Waals surface area contributed by atoms with Gasteiger partial charge >= 0.3 is 0 Å². The van der Waals surface area contributed by atoms with E-state index in [4.69, 9.17) is 4.74 Å². The SMILES string of the molecule is COC1C(=O)CCC2CCCC21. The Labute approximate surface area is 73.3 Å². The first kappa shape index (κ1) is 8.24. The Morgan fingerprint density at radius 1 is 1.33 bits per heavy atom. The first-order valence-corrected chi connectivity index (χ1v) is 4.88. The Morgan fingerprint density at radius 3 is 2.92 bits per heavy atom. The maximum absolute atomic E-state index is 11.4. The predicted molar refractivity (Wildman–Crippen MR) is 45.9 cm³/mol. The van der Waals surface area contributed by atoms with Crippen LogP contribution in [0.3, 0.4) is 0 Å². The molecule has 3 unspecified atom stereocenters. The molecule has 2 aliphatic rings. The summed E-state index contributed by atoms with van der Waals surface area (Å²) in [6.07, 6.45) is 5.62. The monoisotopic (exact) mass is 168 g/mol. The van der Waals surface area contributed by atoms with E-state index in [2.05, 4.69) is 0 Å². The third-order valence-corrected chi connectivity index (χ3v) is 3.44. The molecule has 2 rings (SSSR count). The maximum Gasteiger partial charge on any atom is 0.161 e. The van der Waals surface area contributed by atoms with Crippen molar-refractivity contribution in [3.63, 3.8) is 0 Å². The van der Waals surface area contributed by atoms with Gasteiger partial charge in [-0.1, -0.05) is 12.8 Å². The minimum atomic E-state index is -0.0637. The van der Waals surface area contributed by atoms with Crippen molar-refractivity contribution in [3.8, 4) is 0 Å². The fourth-order valence-electron chi connectivity index (χ4n) is 2.84. The van der Waals surface area contributed by atoms with Gasteiger partial charge in [-0.2, -0.15) is 0 Å². The van der Waals surface area contributed by atoms with E-state index < -0.39 is 0 Å². The maximum atomic E-state index is 11.4. The number of methoxy groups -OCH3 is 1. The summed E-state index contributed by atoms with van der Waals surface area (Å²) in [5.74, 6) is 1.67. The average molecular weight is 168 g/mol. The molecule has 0 amide bonds. The first-order chi connectivity index (χ1) is 5.83. The van der Waals surface area contributed by atoms with Crippen LogP contribution in [0.15, 0.2) is 0 Å². The fourth-order valence-corrected chi connectivity index (χ4v) is 2.84. The molecule has 0 spiro atoms. The van der Waals surface area contributed by atoms with E-state index in [0.717, 1.165) is 18.8 Å². The number of hydrogen-bond donors (Lipinski definition) is 0. The van der Waals surface area contributed by atoms with Crippen LogP contribution < -0.4 is 0 Å². The van der Waals surface area contributed by atoms with Crippen LogP contribution in [0.1, 0.15) is 32.1 Å². The van der Waals surface area contributed by atoms with E-state index in [9.17, 15) is 4.79 Å². The number of ether oxygens (including phenoxy) is 1. The smallest absolute Gasteiger partial charge is 0.161 e. The number of carbonyl (C=O) groups excluding carboxylic acids is 1. The van der Waals surface area contributed by atoms with E-state index in [1.807, 2.05) is 0 Å². The summed E-state index contributed by atoms with van der Waals surface area (Å²) < 4.78 is 5.27. The summed E-state index contributed by atoms with van der Waals surface area (Å²) in [5.41, 5.74) is 0. The molecular formula is C10H16O2. The number of ketones is 1. The van der Waals surface area contributed by atoms with Gasteiger partial charge in [0.15, 0.2) is 5.78 Å². The molecule has 0 radical (unpaired) electrons. The van der Waals surface area contributed by atoms with Gasteiger partial charge in [0.05, 0.1) is 0 Å². The molecule has 0 heterocycles. The van der Waals surface area contributed by atoms with Crippen LogP contribution in [-0.4, -0.2) is 19.0 Å². The molecule has 0 bridgehead atoms. The number of hydrogen-bond acceptors (Lipinski definition) is 2. The van der Waals surface area contributed by atoms with Gasteiger partial charge in [0, 0.05) is 13.5 Å². The van der Waals surface area contributed by atoms with Gasteiger partial charge < -0.3 is 4.74 Å². The van der Waals surface area contributed by atoms with Crippen LogP contribution in [0.2, 0.25) is 0 Å². The lowest BCUT2D eigenvalue weighted by molar-refractivity contribution is -0.136. The summed E-state index contributed by atoms with van der Waals surface area (Å²) in [6.45, 7) is 0. The van der Waals surface area contributed by atoms with Crippen LogP contribution >= 0.6 is 0 Å². The summed E-state index contributed by atoms with van der Waals surface area (Å²) in [5, 5.41) is 0. The number of rotatable bonds is 1. The highest BCUT2D eigenvalue weighted by molar-refractivity contribution is 5.84. The molecule has 0 aromatic rings. The van der Waals surface area contributed by atoms with Crippen molar-refractivity contribution < 1.29 is 9.53 Å². The Hall–Kier alpha value is -0.370. The molecule has 0 aromatic carbocycles. The molecule has 0 aromatic heterocycles. The summed E-state index contributed by atoms with van der Waals surface area (Å²) in [7, 11) is 1.67. The third kappa shape index (κ3) is 1.18. The second-order valence-electron chi connectivity index (χ2n) is 4.02. The highest BCUT2D eigenvalue weighted by atomic mass is 16.5. The highest BCUT2D eigenvalue weighted by Crippen LogP contribution is 2.41. The second-order valence-corrected chi connectivity index (χ2v) is 4.02. The fraction of sp³-hybridized carbons (Fsp3) is 0.900. The van der Waals surface area contributed by atoms with Crippen LogP contribution in [0.25, 0.3) is 0 Å². The summed E-state index contributed by atoms with van der Waals surface area (Å²) >= 11 is 0. The molecule has 2 saturated carbocycles. The Kier molecular flexibility index (Phi) is 2.18. The van der Waals surface area contributed by atoms with Gasteiger partial charge in [-0.15, -0.1) is 0 Å². The second kappa shape index (κ2) is 3.17. The molecule has 12 heavy (non-hydrogen) atoms. The lowest BCUT2D eigenvalue weighted by atomic mass is 9.79. The molecule has 3 atom stereocenters. The molecule has 0 N–H and O–H groups in total. The lowest BCUT2D eigenvalue weighted by Crippen LogP contribution is -2.38. The van der Waals surface area contributed by atoms with Crippen LogP contribution in [0.4, 0.5) is 0 Å². The van der Waals surface area contributed by atoms with Crippen molar-refractivity contribution in [2.45, 2.75) is 38.2 Å². The molecule has 68 valence electrons. The van der Waals surface area contributed by atoms with Crippen LogP contribution in [0.5, 0.6) is 0 Å². The highest BCUT2D eigenvalue weighted by Gasteiger charge is 2.40. The van der Waals surface area contributed by atoms with E-state index in [0.29, 0.717) is 11.7 Å². The van der Waals surface area contributed by atoms with Gasteiger partial charge in [-0.05, 0) is 24.7 Å². The van der Waals surface area contributed by atoms with Crippen molar-refractivity contribution in [2.24, 2.45) is 11.8 Å². The van der Waals surface area contributed by atoms with Gasteiger partial charge in [0.1, 0.15) is 6.10 Å². The third-order valence-electron chi connectivity index (χ3n) is 3.44. The van der Waals surface area contributed by atoms with Crippen molar-refractivity contribution in [3.05, 3.63) is 0 Å². The topological polar surface area (TPSA) is 26.3 Å². The molecule has 2 aliphatic carbocycles. The Balaban J connectivity index is 2.11. The van der Waals surface area contributed by atoms with E-state index in [-0.39, 0.29) is 6.10 Å². The average Bonchev–Trinajstić information content (AvgIpc) is 2.52. The lowest BCUT2D eigenvalue weighted by Gasteiger charge is -2.31. The first-order valence-electron chi connectivity index (χ1n) is 4.88. The molecular weight excluding hydrogens is 152 g/mol. The summed E-state index contributed by atoms with van der Waals surface area (Å²) in [6, 6.07) is 0. The summed E-state index contributed by atoms with van der Waals surface area (Å²) in [4.78, 5) is 11.4. The molecule has 2 heteroatoms. The van der Waals surface area contributed by atoms with Crippen molar-refractivity contribution in [1.29, 1.82) is 0 Å². The quantitative estimate of drug-likeness (QED) is 0.596. The molecule has 2 nitrogen and oxygen atoms in total. The van der Waals surface area contributed by atoms with Crippen molar-refractivity contribution in [2.75, 3.05) is 7.11 Å². The van der Waals surface area contributed by atoms with Crippen LogP contribution in [-0.2, 0) is 9.53 Å². The van der Waals surface area contributed by atoms with Crippen LogP contribution in [0, 0.1) is 11.8 Å². The van der Waals surface area contributed by atoms with Gasteiger partial charge in [-0.3, -0.25) is 4.79 Å². The van der Waals surface area contributed by atoms with Gasteiger partial charge in [0.25, 0.3) is 0 Å². The largest absolute Gasteiger partial charge is 0.373 e. The number of fused-ring (bicyclic) bond motifs is 1. The predicted octanol–water partition coefficient (Wildman–Crippen LogP) is 1.78. The Bertz CT molecular complexity index is 188. The zero-order valence-corrected chi connectivity index (χ0v) is 7.58. The standard InChI is InChI=1S/C10H16O2/c1-12-10-8-4-2-3-7(8)5-6-9(10)11/h7-8,10H,2-6H2,1H3. The number of Topliss-reactive ketones (excluding diaryl/α,β-unsaturated/α-hetero) is 1. The van der Waals surface area contributed by atoms with E-state index in [1.54, 1.807) is 7.11 Å². The molecule has 0 saturated heterocycles. The Morgan fingerprint density at radius 2 is 2.17 bits per heavy atom. The number of carbonyl (C=O) groups is 1.